The van der Waals surface area contributed by atoms with Crippen molar-refractivity contribution in [3.8, 4) is 0 Å². The molecule has 0 radical (unpaired) electrons. The predicted molar refractivity (Wildman–Crippen MR) is 64.6 cm³/mol. The Labute approximate surface area is 109 Å². The second kappa shape index (κ2) is 5.21. The van der Waals surface area contributed by atoms with Crippen molar-refractivity contribution >= 4 is 5.91 Å². The monoisotopic (exact) mass is 272 g/mol. The van der Waals surface area contributed by atoms with Gasteiger partial charge in [0, 0.05) is 13.1 Å². The molecule has 0 spiro atoms. The van der Waals surface area contributed by atoms with Gasteiger partial charge in [-0.1, -0.05) is 24.3 Å². The van der Waals surface area contributed by atoms with E-state index in [9.17, 15) is 18.0 Å². The van der Waals surface area contributed by atoms with E-state index in [1.807, 2.05) is 0 Å². The highest BCUT2D eigenvalue weighted by Crippen LogP contribution is 2.29. The molecule has 1 aromatic rings. The molecule has 1 N–H and O–H groups in total. The first kappa shape index (κ1) is 13.9. The Kier molecular flexibility index (Phi) is 3.80. The van der Waals surface area contributed by atoms with E-state index >= 15 is 0 Å². The lowest BCUT2D eigenvalue weighted by atomic mass is 9.98. The first-order valence-corrected chi connectivity index (χ1v) is 6.02. The molecule has 3 nitrogen and oxygen atoms in total. The van der Waals surface area contributed by atoms with Crippen LogP contribution in [0.1, 0.15) is 17.2 Å². The van der Waals surface area contributed by atoms with Gasteiger partial charge in [0.1, 0.15) is 6.04 Å². The van der Waals surface area contributed by atoms with E-state index < -0.39 is 18.8 Å². The third kappa shape index (κ3) is 3.26. The molecule has 0 bridgehead atoms. The molecule has 19 heavy (non-hydrogen) atoms. The van der Waals surface area contributed by atoms with Gasteiger partial charge in [-0.2, -0.15) is 13.2 Å². The lowest BCUT2D eigenvalue weighted by Gasteiger charge is -2.36. The number of piperazine rings is 1. The van der Waals surface area contributed by atoms with Crippen molar-refractivity contribution in [1.29, 1.82) is 0 Å². The van der Waals surface area contributed by atoms with Crippen LogP contribution in [-0.4, -0.2) is 36.6 Å². The summed E-state index contributed by atoms with van der Waals surface area (Å²) in [5, 5.41) is 2.63. The zero-order valence-electron chi connectivity index (χ0n) is 10.5. The molecule has 1 aliphatic heterocycles. The molecule has 2 rings (SSSR count). The molecule has 1 atom stereocenters. The lowest BCUT2D eigenvalue weighted by Crippen LogP contribution is -2.52. The summed E-state index contributed by atoms with van der Waals surface area (Å²) in [6.45, 7) is 1.17. The maximum atomic E-state index is 12.6. The van der Waals surface area contributed by atoms with Crippen molar-refractivity contribution in [2.75, 3.05) is 19.6 Å². The van der Waals surface area contributed by atoms with Crippen molar-refractivity contribution in [2.24, 2.45) is 0 Å². The number of alkyl halides is 3. The normalized spacial score (nSPS) is 21.3. The van der Waals surface area contributed by atoms with E-state index in [2.05, 4.69) is 5.32 Å². The Balaban J connectivity index is 2.32. The minimum absolute atomic E-state index is 0.199. The SMILES string of the molecule is Cc1ccccc1C1C(=O)NCCN1CC(F)(F)F. The number of carbonyl (C=O) groups is 1. The maximum Gasteiger partial charge on any atom is 0.401 e. The lowest BCUT2D eigenvalue weighted by molar-refractivity contribution is -0.158. The number of carbonyl (C=O) groups excluding carboxylic acids is 1. The number of rotatable bonds is 2. The van der Waals surface area contributed by atoms with E-state index in [0.29, 0.717) is 5.56 Å². The molecular weight excluding hydrogens is 257 g/mol. The number of hydrogen-bond acceptors (Lipinski definition) is 2. The number of aryl methyl sites for hydroxylation is 1. The van der Waals surface area contributed by atoms with Crippen molar-refractivity contribution in [2.45, 2.75) is 19.1 Å². The minimum atomic E-state index is -4.31. The number of hydrogen-bond donors (Lipinski definition) is 1. The van der Waals surface area contributed by atoms with Crippen LogP contribution in [0.15, 0.2) is 24.3 Å². The van der Waals surface area contributed by atoms with Gasteiger partial charge in [0.15, 0.2) is 0 Å². The third-order valence-corrected chi connectivity index (χ3v) is 3.18. The fourth-order valence-electron chi connectivity index (χ4n) is 2.35. The summed E-state index contributed by atoms with van der Waals surface area (Å²) in [6, 6.07) is 6.16. The smallest absolute Gasteiger partial charge is 0.353 e. The van der Waals surface area contributed by atoms with Gasteiger partial charge in [0.25, 0.3) is 0 Å². The first-order valence-electron chi connectivity index (χ1n) is 6.02. The molecule has 1 heterocycles. The summed E-state index contributed by atoms with van der Waals surface area (Å²) in [7, 11) is 0. The zero-order chi connectivity index (χ0) is 14.0. The predicted octanol–water partition coefficient (Wildman–Crippen LogP) is 2.03. The van der Waals surface area contributed by atoms with Gasteiger partial charge >= 0.3 is 6.18 Å². The molecule has 1 aromatic carbocycles. The Hall–Kier alpha value is -1.56. The molecule has 1 unspecified atom stereocenters. The van der Waals surface area contributed by atoms with Crippen molar-refractivity contribution in [3.05, 3.63) is 35.4 Å². The van der Waals surface area contributed by atoms with Crippen LogP contribution in [0.3, 0.4) is 0 Å². The molecule has 1 amide bonds. The molecular formula is C13H15F3N2O. The fourth-order valence-corrected chi connectivity index (χ4v) is 2.35. The summed E-state index contributed by atoms with van der Waals surface area (Å²) in [5.41, 5.74) is 1.45. The van der Waals surface area contributed by atoms with E-state index in [0.717, 1.165) is 5.56 Å². The average Bonchev–Trinajstić information content (AvgIpc) is 2.29. The fraction of sp³-hybridized carbons (Fsp3) is 0.462. The number of halogens is 3. The Morgan fingerprint density at radius 2 is 2.05 bits per heavy atom. The highest BCUT2D eigenvalue weighted by Gasteiger charge is 2.39. The van der Waals surface area contributed by atoms with Gasteiger partial charge in [-0.15, -0.1) is 0 Å². The number of benzene rings is 1. The molecule has 104 valence electrons. The van der Waals surface area contributed by atoms with Gasteiger partial charge in [0.05, 0.1) is 6.54 Å². The van der Waals surface area contributed by atoms with Crippen molar-refractivity contribution < 1.29 is 18.0 Å². The summed E-state index contributed by atoms with van der Waals surface area (Å²) >= 11 is 0. The number of nitrogens with zero attached hydrogens (tertiary/aromatic N) is 1. The van der Waals surface area contributed by atoms with Crippen LogP contribution in [0.2, 0.25) is 0 Å². The molecule has 1 saturated heterocycles. The first-order chi connectivity index (χ1) is 8.88. The van der Waals surface area contributed by atoms with Crippen molar-refractivity contribution in [3.63, 3.8) is 0 Å². The summed E-state index contributed by atoms with van der Waals surface area (Å²) in [5.74, 6) is -0.371. The van der Waals surface area contributed by atoms with Crippen LogP contribution in [0.25, 0.3) is 0 Å². The minimum Gasteiger partial charge on any atom is -0.353 e. The zero-order valence-corrected chi connectivity index (χ0v) is 10.5. The van der Waals surface area contributed by atoms with Gasteiger partial charge in [-0.05, 0) is 18.1 Å². The standard InChI is InChI=1S/C13H15F3N2O/c1-9-4-2-3-5-10(9)11-12(19)17-6-7-18(11)8-13(14,15)16/h2-5,11H,6-8H2,1H3,(H,17,19). The van der Waals surface area contributed by atoms with Crippen LogP contribution in [0.4, 0.5) is 13.2 Å². The second-order valence-electron chi connectivity index (χ2n) is 4.64. The maximum absolute atomic E-state index is 12.6. The summed E-state index contributed by atoms with van der Waals surface area (Å²) in [6.07, 6.45) is -4.31. The second-order valence-corrected chi connectivity index (χ2v) is 4.64. The number of nitrogens with one attached hydrogen (secondary N) is 1. The van der Waals surface area contributed by atoms with Crippen LogP contribution >= 0.6 is 0 Å². The Morgan fingerprint density at radius 1 is 1.37 bits per heavy atom. The highest BCUT2D eigenvalue weighted by molar-refractivity contribution is 5.84. The van der Waals surface area contributed by atoms with Gasteiger partial charge in [-0.3, -0.25) is 9.69 Å². The molecule has 0 saturated carbocycles. The molecule has 1 fully saturated rings. The average molecular weight is 272 g/mol. The topological polar surface area (TPSA) is 32.3 Å². The number of amides is 1. The Morgan fingerprint density at radius 3 is 2.68 bits per heavy atom. The van der Waals surface area contributed by atoms with Crippen LogP contribution in [0, 0.1) is 6.92 Å². The largest absolute Gasteiger partial charge is 0.401 e. The molecule has 0 aromatic heterocycles. The summed E-state index contributed by atoms with van der Waals surface area (Å²) < 4.78 is 37.8. The molecule has 1 aliphatic rings. The Bertz CT molecular complexity index is 473. The van der Waals surface area contributed by atoms with Gasteiger partial charge < -0.3 is 5.32 Å². The van der Waals surface area contributed by atoms with Gasteiger partial charge in [-0.25, -0.2) is 0 Å². The van der Waals surface area contributed by atoms with E-state index in [4.69, 9.17) is 0 Å². The summed E-state index contributed by atoms with van der Waals surface area (Å²) in [4.78, 5) is 13.1. The van der Waals surface area contributed by atoms with Crippen LogP contribution < -0.4 is 5.32 Å². The van der Waals surface area contributed by atoms with E-state index in [1.54, 1.807) is 31.2 Å². The molecule has 6 heteroatoms. The van der Waals surface area contributed by atoms with E-state index in [1.165, 1.54) is 4.90 Å². The van der Waals surface area contributed by atoms with Gasteiger partial charge in [0.2, 0.25) is 5.91 Å². The van der Waals surface area contributed by atoms with E-state index in [-0.39, 0.29) is 19.0 Å². The van der Waals surface area contributed by atoms with Crippen LogP contribution in [-0.2, 0) is 4.79 Å². The quantitative estimate of drug-likeness (QED) is 0.893. The highest BCUT2D eigenvalue weighted by atomic mass is 19.4. The van der Waals surface area contributed by atoms with Crippen LogP contribution in [0.5, 0.6) is 0 Å². The third-order valence-electron chi connectivity index (χ3n) is 3.18. The van der Waals surface area contributed by atoms with Crippen molar-refractivity contribution in [1.82, 2.24) is 10.2 Å². The molecule has 0 aliphatic carbocycles.